The quantitative estimate of drug-likeness (QED) is 0.610. The molecule has 8 heteroatoms. The largest absolute Gasteiger partial charge is 0.465 e. The fourth-order valence-corrected chi connectivity index (χ4v) is 3.06. The number of nitrogens with one attached hydrogen (secondary N) is 1. The van der Waals surface area contributed by atoms with E-state index in [0.29, 0.717) is 0 Å². The molecule has 0 saturated heterocycles. The van der Waals surface area contributed by atoms with Crippen LogP contribution in [0.25, 0.3) is 0 Å². The standard InChI is InChI=1S/C12H17NO6S/c1-12(7-14,8-15)13-20(17,18)10-6-4-3-5-9(10)11(16)19-2/h3-6,13-15H,7-8H2,1-2H3. The van der Waals surface area contributed by atoms with E-state index in [1.165, 1.54) is 31.2 Å². The molecule has 0 unspecified atom stereocenters. The predicted octanol–water partition coefficient (Wildman–Crippen LogP) is -0.505. The highest BCUT2D eigenvalue weighted by atomic mass is 32.2. The Morgan fingerprint density at radius 1 is 1.30 bits per heavy atom. The maximum Gasteiger partial charge on any atom is 0.339 e. The molecule has 0 radical (unpaired) electrons. The third kappa shape index (κ3) is 3.54. The average molecular weight is 303 g/mol. The van der Waals surface area contributed by atoms with Crippen molar-refractivity contribution >= 4 is 16.0 Å². The van der Waals surface area contributed by atoms with Crippen LogP contribution in [0, 0.1) is 0 Å². The van der Waals surface area contributed by atoms with Crippen LogP contribution >= 0.6 is 0 Å². The highest BCUT2D eigenvalue weighted by molar-refractivity contribution is 7.89. The van der Waals surface area contributed by atoms with Crippen LogP contribution < -0.4 is 4.72 Å². The van der Waals surface area contributed by atoms with Gasteiger partial charge in [0, 0.05) is 0 Å². The minimum absolute atomic E-state index is 0.124. The molecule has 0 aliphatic rings. The van der Waals surface area contributed by atoms with E-state index in [0.717, 1.165) is 7.11 Å². The summed E-state index contributed by atoms with van der Waals surface area (Å²) < 4.78 is 31.2. The van der Waals surface area contributed by atoms with Gasteiger partial charge in [-0.05, 0) is 19.1 Å². The lowest BCUT2D eigenvalue weighted by Crippen LogP contribution is -2.51. The number of benzene rings is 1. The van der Waals surface area contributed by atoms with Crippen LogP contribution in [0.15, 0.2) is 29.2 Å². The molecule has 0 aromatic heterocycles. The molecule has 1 rings (SSSR count). The van der Waals surface area contributed by atoms with E-state index in [1.54, 1.807) is 0 Å². The minimum atomic E-state index is -4.10. The number of carbonyl (C=O) groups is 1. The normalized spacial score (nSPS) is 12.2. The van der Waals surface area contributed by atoms with Crippen molar-refractivity contribution in [3.05, 3.63) is 29.8 Å². The smallest absolute Gasteiger partial charge is 0.339 e. The van der Waals surface area contributed by atoms with E-state index in [-0.39, 0.29) is 10.5 Å². The van der Waals surface area contributed by atoms with Gasteiger partial charge in [0.15, 0.2) is 0 Å². The third-order valence-electron chi connectivity index (χ3n) is 2.66. The first-order valence-electron chi connectivity index (χ1n) is 5.72. The number of hydrogen-bond acceptors (Lipinski definition) is 6. The molecule has 7 nitrogen and oxygen atoms in total. The summed E-state index contributed by atoms with van der Waals surface area (Å²) in [6.45, 7) is 0.150. The maximum absolute atomic E-state index is 12.3. The summed E-state index contributed by atoms with van der Waals surface area (Å²) in [6, 6.07) is 5.51. The second-order valence-corrected chi connectivity index (χ2v) is 6.12. The zero-order valence-electron chi connectivity index (χ0n) is 11.2. The molecule has 0 bridgehead atoms. The highest BCUT2D eigenvalue weighted by Gasteiger charge is 2.31. The lowest BCUT2D eigenvalue weighted by molar-refractivity contribution is 0.0596. The van der Waals surface area contributed by atoms with Gasteiger partial charge in [-0.2, -0.15) is 0 Å². The molecule has 0 aliphatic carbocycles. The summed E-state index contributed by atoms with van der Waals surface area (Å²) in [4.78, 5) is 11.3. The van der Waals surface area contributed by atoms with Crippen LogP contribution in [-0.2, 0) is 14.8 Å². The van der Waals surface area contributed by atoms with Crippen LogP contribution in [0.3, 0.4) is 0 Å². The second-order valence-electron chi connectivity index (χ2n) is 4.47. The Labute approximate surface area is 117 Å². The number of rotatable bonds is 6. The Morgan fingerprint density at radius 2 is 1.85 bits per heavy atom. The first-order valence-corrected chi connectivity index (χ1v) is 7.21. The Hall–Kier alpha value is -1.48. The molecule has 0 atom stereocenters. The number of sulfonamides is 1. The van der Waals surface area contributed by atoms with Crippen molar-refractivity contribution < 1.29 is 28.2 Å². The summed E-state index contributed by atoms with van der Waals surface area (Å²) in [5.74, 6) is -0.791. The zero-order chi connectivity index (χ0) is 15.4. The number of aliphatic hydroxyl groups excluding tert-OH is 2. The van der Waals surface area contributed by atoms with Crippen LogP contribution in [0.1, 0.15) is 17.3 Å². The van der Waals surface area contributed by atoms with E-state index >= 15 is 0 Å². The van der Waals surface area contributed by atoms with Crippen LogP contribution in [0.2, 0.25) is 0 Å². The number of aliphatic hydroxyl groups is 2. The van der Waals surface area contributed by atoms with Gasteiger partial charge in [0.25, 0.3) is 0 Å². The molecule has 1 aromatic rings. The van der Waals surface area contributed by atoms with Gasteiger partial charge in [-0.1, -0.05) is 12.1 Å². The van der Waals surface area contributed by atoms with E-state index < -0.39 is 34.7 Å². The fraction of sp³-hybridized carbons (Fsp3) is 0.417. The predicted molar refractivity (Wildman–Crippen MR) is 70.7 cm³/mol. The third-order valence-corrected chi connectivity index (χ3v) is 4.36. The van der Waals surface area contributed by atoms with Crippen molar-refractivity contribution in [1.82, 2.24) is 4.72 Å². The van der Waals surface area contributed by atoms with Crippen molar-refractivity contribution in [3.8, 4) is 0 Å². The molecule has 0 saturated carbocycles. The topological polar surface area (TPSA) is 113 Å². The van der Waals surface area contributed by atoms with Crippen LogP contribution in [-0.4, -0.2) is 50.5 Å². The molecule has 0 aliphatic heterocycles. The average Bonchev–Trinajstić information content (AvgIpc) is 2.45. The molecule has 1 aromatic carbocycles. The lowest BCUT2D eigenvalue weighted by atomic mass is 10.1. The Kier molecular flexibility index (Phi) is 5.23. The first kappa shape index (κ1) is 16.6. The number of esters is 1. The molecule has 3 N–H and O–H groups in total. The molecular weight excluding hydrogens is 286 g/mol. The summed E-state index contributed by atoms with van der Waals surface area (Å²) in [7, 11) is -2.96. The summed E-state index contributed by atoms with van der Waals surface area (Å²) in [5.41, 5.74) is -1.55. The minimum Gasteiger partial charge on any atom is -0.465 e. The number of hydrogen-bond donors (Lipinski definition) is 3. The Morgan fingerprint density at radius 3 is 2.35 bits per heavy atom. The van der Waals surface area contributed by atoms with Gasteiger partial charge in [-0.3, -0.25) is 0 Å². The highest BCUT2D eigenvalue weighted by Crippen LogP contribution is 2.18. The first-order chi connectivity index (χ1) is 9.29. The van der Waals surface area contributed by atoms with Crippen LogP contribution in [0.4, 0.5) is 0 Å². The van der Waals surface area contributed by atoms with E-state index in [9.17, 15) is 13.2 Å². The number of methoxy groups -OCH3 is 1. The summed E-state index contributed by atoms with van der Waals surface area (Å²) in [5, 5.41) is 18.3. The van der Waals surface area contributed by atoms with Crippen molar-refractivity contribution in [1.29, 1.82) is 0 Å². The molecule has 0 heterocycles. The van der Waals surface area contributed by atoms with Crippen molar-refractivity contribution in [2.24, 2.45) is 0 Å². The summed E-state index contributed by atoms with van der Waals surface area (Å²) in [6.07, 6.45) is 0. The fourth-order valence-electron chi connectivity index (χ4n) is 1.47. The van der Waals surface area contributed by atoms with Crippen molar-refractivity contribution in [3.63, 3.8) is 0 Å². The summed E-state index contributed by atoms with van der Waals surface area (Å²) >= 11 is 0. The molecule has 0 fully saturated rings. The second kappa shape index (κ2) is 6.31. The van der Waals surface area contributed by atoms with Gasteiger partial charge in [0.1, 0.15) is 0 Å². The molecular formula is C12H17NO6S. The molecule has 0 spiro atoms. The Bertz CT molecular complexity index is 579. The van der Waals surface area contributed by atoms with Crippen molar-refractivity contribution in [2.75, 3.05) is 20.3 Å². The molecule has 112 valence electrons. The number of carbonyl (C=O) groups excluding carboxylic acids is 1. The monoisotopic (exact) mass is 303 g/mol. The maximum atomic E-state index is 12.3. The van der Waals surface area contributed by atoms with Gasteiger partial charge in [-0.25, -0.2) is 17.9 Å². The lowest BCUT2D eigenvalue weighted by Gasteiger charge is -2.26. The van der Waals surface area contributed by atoms with Crippen LogP contribution in [0.5, 0.6) is 0 Å². The van der Waals surface area contributed by atoms with E-state index in [2.05, 4.69) is 9.46 Å². The van der Waals surface area contributed by atoms with Gasteiger partial charge in [0.2, 0.25) is 10.0 Å². The van der Waals surface area contributed by atoms with E-state index in [4.69, 9.17) is 10.2 Å². The SMILES string of the molecule is COC(=O)c1ccccc1S(=O)(=O)NC(C)(CO)CO. The zero-order valence-corrected chi connectivity index (χ0v) is 12.0. The molecule has 0 amide bonds. The van der Waals surface area contributed by atoms with Crippen molar-refractivity contribution in [2.45, 2.75) is 17.4 Å². The van der Waals surface area contributed by atoms with Gasteiger partial charge in [0.05, 0.1) is 36.3 Å². The number of ether oxygens (including phenoxy) is 1. The van der Waals surface area contributed by atoms with E-state index in [1.807, 2.05) is 0 Å². The Balaban J connectivity index is 3.27. The van der Waals surface area contributed by atoms with Gasteiger partial charge in [-0.15, -0.1) is 0 Å². The van der Waals surface area contributed by atoms with Gasteiger partial charge >= 0.3 is 5.97 Å². The molecule has 20 heavy (non-hydrogen) atoms. The van der Waals surface area contributed by atoms with Gasteiger partial charge < -0.3 is 14.9 Å².